The number of hydrogen-bond donors (Lipinski definition) is 2. The number of carbonyl (C=O) groups excluding carboxylic acids is 1. The molecule has 0 radical (unpaired) electrons. The molecule has 3 aromatic rings. The van der Waals surface area contributed by atoms with Crippen molar-refractivity contribution >= 4 is 33.1 Å². The summed E-state index contributed by atoms with van der Waals surface area (Å²) in [6.45, 7) is 7.74. The van der Waals surface area contributed by atoms with Gasteiger partial charge in [-0.1, -0.05) is 13.8 Å². The second-order valence-electron chi connectivity index (χ2n) is 10.1. The molecule has 4 rings (SSSR count). The SMILES string of the molecule is CC(C)[C@H]1CC[C@H](c2nc3cc(C(C)(C)O)c(NC(=O)c4ccc(C(F)(F)F)nn4)cc3s2)CC1. The Hall–Kier alpha value is -2.59. The van der Waals surface area contributed by atoms with E-state index in [1.165, 1.54) is 12.8 Å². The molecule has 1 fully saturated rings. The van der Waals surface area contributed by atoms with E-state index in [0.29, 0.717) is 29.2 Å². The number of nitrogens with one attached hydrogen (secondary N) is 1. The van der Waals surface area contributed by atoms with Gasteiger partial charge < -0.3 is 10.4 Å². The molecule has 1 aromatic carbocycles. The fourth-order valence-corrected chi connectivity index (χ4v) is 5.76. The molecule has 1 aliphatic carbocycles. The minimum atomic E-state index is -4.64. The molecule has 2 aromatic heterocycles. The number of halogens is 3. The number of amides is 1. The molecule has 0 atom stereocenters. The first-order chi connectivity index (χ1) is 16.3. The van der Waals surface area contributed by atoms with Gasteiger partial charge in [-0.05, 0) is 75.6 Å². The largest absolute Gasteiger partial charge is 0.435 e. The number of hydrogen-bond acceptors (Lipinski definition) is 6. The first-order valence-corrected chi connectivity index (χ1v) is 12.5. The maximum absolute atomic E-state index is 12.8. The summed E-state index contributed by atoms with van der Waals surface area (Å²) < 4.78 is 39.1. The lowest BCUT2D eigenvalue weighted by atomic mass is 9.77. The molecule has 35 heavy (non-hydrogen) atoms. The third-order valence-corrected chi connectivity index (χ3v) is 7.88. The number of nitrogens with zero attached hydrogens (tertiary/aromatic N) is 3. The average Bonchev–Trinajstić information content (AvgIpc) is 3.20. The standard InChI is InChI=1S/C25H29F3N4O2S/c1-13(2)14-5-7-15(8-6-14)23-30-19-11-16(24(3,4)34)18(12-20(19)35-23)29-22(33)17-9-10-21(32-31-17)25(26,27)28/h9-15,34H,5-8H2,1-4H3,(H,29,33)/t14-,15-. The molecule has 1 saturated carbocycles. The van der Waals surface area contributed by atoms with Crippen LogP contribution in [0.15, 0.2) is 24.3 Å². The molecule has 10 heteroatoms. The van der Waals surface area contributed by atoms with Crippen molar-refractivity contribution in [1.29, 1.82) is 0 Å². The molecule has 188 valence electrons. The van der Waals surface area contributed by atoms with Crippen molar-refractivity contribution in [1.82, 2.24) is 15.2 Å². The molecule has 1 aliphatic rings. The Morgan fingerprint density at radius 1 is 1.11 bits per heavy atom. The quantitative estimate of drug-likeness (QED) is 0.412. The van der Waals surface area contributed by atoms with Crippen LogP contribution in [0, 0.1) is 11.8 Å². The Labute approximate surface area is 206 Å². The number of fused-ring (bicyclic) bond motifs is 1. The van der Waals surface area contributed by atoms with Crippen molar-refractivity contribution in [3.05, 3.63) is 46.2 Å². The van der Waals surface area contributed by atoms with Crippen LogP contribution in [-0.4, -0.2) is 26.2 Å². The monoisotopic (exact) mass is 506 g/mol. The van der Waals surface area contributed by atoms with Gasteiger partial charge in [0.05, 0.1) is 20.8 Å². The van der Waals surface area contributed by atoms with Crippen LogP contribution in [0.4, 0.5) is 18.9 Å². The summed E-state index contributed by atoms with van der Waals surface area (Å²) in [7, 11) is 0. The van der Waals surface area contributed by atoms with Crippen LogP contribution in [0.3, 0.4) is 0 Å². The Balaban J connectivity index is 1.61. The van der Waals surface area contributed by atoms with E-state index in [4.69, 9.17) is 4.98 Å². The Morgan fingerprint density at radius 3 is 2.34 bits per heavy atom. The second kappa shape index (κ2) is 9.46. The maximum atomic E-state index is 12.8. The molecule has 6 nitrogen and oxygen atoms in total. The van der Waals surface area contributed by atoms with E-state index in [2.05, 4.69) is 29.4 Å². The molecule has 0 unspecified atom stereocenters. The van der Waals surface area contributed by atoms with E-state index in [0.717, 1.165) is 40.1 Å². The minimum Gasteiger partial charge on any atom is -0.386 e. The fraction of sp³-hybridized carbons (Fsp3) is 0.520. The zero-order valence-electron chi connectivity index (χ0n) is 20.1. The highest BCUT2D eigenvalue weighted by atomic mass is 32.1. The number of thiazole rings is 1. The Bertz CT molecular complexity index is 1210. The second-order valence-corrected chi connectivity index (χ2v) is 11.2. The highest BCUT2D eigenvalue weighted by Gasteiger charge is 2.33. The van der Waals surface area contributed by atoms with E-state index < -0.39 is 23.4 Å². The minimum absolute atomic E-state index is 0.258. The normalized spacial score (nSPS) is 19.3. The molecule has 1 amide bonds. The molecular weight excluding hydrogens is 477 g/mol. The van der Waals surface area contributed by atoms with Crippen molar-refractivity contribution in [3.8, 4) is 0 Å². The third kappa shape index (κ3) is 5.64. The van der Waals surface area contributed by atoms with Crippen molar-refractivity contribution < 1.29 is 23.1 Å². The van der Waals surface area contributed by atoms with Crippen LogP contribution in [0.2, 0.25) is 0 Å². The van der Waals surface area contributed by atoms with Crippen molar-refractivity contribution in [2.45, 2.75) is 71.1 Å². The lowest BCUT2D eigenvalue weighted by molar-refractivity contribution is -0.141. The number of aliphatic hydroxyl groups is 1. The molecule has 2 heterocycles. The number of rotatable bonds is 5. The van der Waals surface area contributed by atoms with Crippen LogP contribution >= 0.6 is 11.3 Å². The summed E-state index contributed by atoms with van der Waals surface area (Å²) in [4.78, 5) is 17.6. The van der Waals surface area contributed by atoms with Crippen LogP contribution in [0.25, 0.3) is 10.2 Å². The summed E-state index contributed by atoms with van der Waals surface area (Å²) >= 11 is 1.58. The summed E-state index contributed by atoms with van der Waals surface area (Å²) in [6, 6.07) is 5.22. The Morgan fingerprint density at radius 2 is 1.80 bits per heavy atom. The molecule has 2 N–H and O–H groups in total. The topological polar surface area (TPSA) is 88.0 Å². The van der Waals surface area contributed by atoms with E-state index in [9.17, 15) is 23.1 Å². The maximum Gasteiger partial charge on any atom is 0.435 e. The van der Waals surface area contributed by atoms with E-state index in [1.54, 1.807) is 37.3 Å². The first kappa shape index (κ1) is 25.5. The average molecular weight is 507 g/mol. The van der Waals surface area contributed by atoms with Crippen LogP contribution in [0.1, 0.15) is 86.0 Å². The summed E-state index contributed by atoms with van der Waals surface area (Å²) in [6.07, 6.45) is -0.0846. The number of anilines is 1. The zero-order chi connectivity index (χ0) is 25.5. The third-order valence-electron chi connectivity index (χ3n) is 6.70. The number of aromatic nitrogens is 3. The molecular formula is C25H29F3N4O2S. The highest BCUT2D eigenvalue weighted by Crippen LogP contribution is 2.42. The fourth-order valence-electron chi connectivity index (χ4n) is 4.60. The predicted molar refractivity (Wildman–Crippen MR) is 129 cm³/mol. The highest BCUT2D eigenvalue weighted by molar-refractivity contribution is 7.18. The smallest absolute Gasteiger partial charge is 0.386 e. The van der Waals surface area contributed by atoms with Gasteiger partial charge in [0, 0.05) is 17.2 Å². The van der Waals surface area contributed by atoms with Gasteiger partial charge in [0.2, 0.25) is 0 Å². The van der Waals surface area contributed by atoms with E-state index >= 15 is 0 Å². The van der Waals surface area contributed by atoms with Gasteiger partial charge in [0.1, 0.15) is 0 Å². The van der Waals surface area contributed by atoms with Crippen molar-refractivity contribution in [2.24, 2.45) is 11.8 Å². The summed E-state index contributed by atoms with van der Waals surface area (Å²) in [5.74, 6) is 1.11. The van der Waals surface area contributed by atoms with Gasteiger partial charge in [-0.3, -0.25) is 4.79 Å². The van der Waals surface area contributed by atoms with Gasteiger partial charge >= 0.3 is 6.18 Å². The van der Waals surface area contributed by atoms with E-state index in [1.807, 2.05) is 0 Å². The van der Waals surface area contributed by atoms with Gasteiger partial charge in [-0.15, -0.1) is 21.5 Å². The number of carbonyl (C=O) groups is 1. The van der Waals surface area contributed by atoms with Crippen molar-refractivity contribution in [2.75, 3.05) is 5.32 Å². The summed E-state index contributed by atoms with van der Waals surface area (Å²) in [5, 5.41) is 21.0. The molecule has 0 spiro atoms. The van der Waals surface area contributed by atoms with Crippen LogP contribution in [-0.2, 0) is 11.8 Å². The van der Waals surface area contributed by atoms with Gasteiger partial charge in [-0.25, -0.2) is 4.98 Å². The van der Waals surface area contributed by atoms with Gasteiger partial charge in [0.15, 0.2) is 11.4 Å². The Kier molecular flexibility index (Phi) is 6.89. The van der Waals surface area contributed by atoms with E-state index in [-0.39, 0.29) is 5.69 Å². The number of benzene rings is 1. The molecule has 0 saturated heterocycles. The van der Waals surface area contributed by atoms with Crippen molar-refractivity contribution in [3.63, 3.8) is 0 Å². The van der Waals surface area contributed by atoms with Gasteiger partial charge in [0.25, 0.3) is 5.91 Å². The van der Waals surface area contributed by atoms with Gasteiger partial charge in [-0.2, -0.15) is 13.2 Å². The van der Waals surface area contributed by atoms with Crippen LogP contribution < -0.4 is 5.32 Å². The predicted octanol–water partition coefficient (Wildman–Crippen LogP) is 6.51. The zero-order valence-corrected chi connectivity index (χ0v) is 20.9. The first-order valence-electron chi connectivity index (χ1n) is 11.7. The summed E-state index contributed by atoms with van der Waals surface area (Å²) in [5.41, 5.74) is -1.16. The van der Waals surface area contributed by atoms with Crippen LogP contribution in [0.5, 0.6) is 0 Å². The molecule has 0 aliphatic heterocycles. The lowest BCUT2D eigenvalue weighted by Gasteiger charge is -2.29. The molecule has 0 bridgehead atoms. The number of alkyl halides is 3. The lowest BCUT2D eigenvalue weighted by Crippen LogP contribution is -2.22.